The molecule has 1 amide bonds. The highest BCUT2D eigenvalue weighted by atomic mass is 16.2. The molecule has 0 aromatic rings. The van der Waals surface area contributed by atoms with Crippen molar-refractivity contribution in [2.75, 3.05) is 0 Å². The second-order valence-corrected chi connectivity index (χ2v) is 4.67. The predicted octanol–water partition coefficient (Wildman–Crippen LogP) is 1.73. The third-order valence-corrected chi connectivity index (χ3v) is 3.17. The fourth-order valence-corrected chi connectivity index (χ4v) is 2.30. The third kappa shape index (κ3) is 1.68. The van der Waals surface area contributed by atoms with E-state index in [1.54, 1.807) is 0 Å². The minimum atomic E-state index is -0.134. The van der Waals surface area contributed by atoms with Crippen molar-refractivity contribution in [3.05, 3.63) is 0 Å². The lowest BCUT2D eigenvalue weighted by atomic mass is 10.1. The van der Waals surface area contributed by atoms with Crippen LogP contribution < -0.4 is 5.32 Å². The Kier molecular flexibility index (Phi) is 2.57. The van der Waals surface area contributed by atoms with E-state index in [-0.39, 0.29) is 11.9 Å². The second-order valence-electron chi connectivity index (χ2n) is 4.67. The van der Waals surface area contributed by atoms with Gasteiger partial charge in [-0.25, -0.2) is 0 Å². The van der Waals surface area contributed by atoms with Gasteiger partial charge in [0.15, 0.2) is 0 Å². The van der Waals surface area contributed by atoms with Crippen LogP contribution in [0.2, 0.25) is 0 Å². The van der Waals surface area contributed by atoms with E-state index in [0.717, 1.165) is 5.84 Å². The Morgan fingerprint density at radius 2 is 2.00 bits per heavy atom. The Balaban J connectivity index is 2.07. The summed E-state index contributed by atoms with van der Waals surface area (Å²) >= 11 is 0. The van der Waals surface area contributed by atoms with Gasteiger partial charge in [-0.05, 0) is 18.8 Å². The summed E-state index contributed by atoms with van der Waals surface area (Å²) in [5.74, 6) is 1.91. The van der Waals surface area contributed by atoms with Crippen LogP contribution in [0, 0.1) is 11.8 Å². The van der Waals surface area contributed by atoms with Crippen LogP contribution >= 0.6 is 0 Å². The van der Waals surface area contributed by atoms with E-state index in [2.05, 4.69) is 10.3 Å². The Hall–Kier alpha value is -0.860. The van der Waals surface area contributed by atoms with Crippen LogP contribution in [0.15, 0.2) is 4.99 Å². The Bertz CT molecular complexity index is 264. The van der Waals surface area contributed by atoms with E-state index in [1.807, 2.05) is 13.8 Å². The molecule has 0 aromatic carbocycles. The molecule has 3 nitrogen and oxygen atoms in total. The first-order valence-corrected chi connectivity index (χ1v) is 5.57. The van der Waals surface area contributed by atoms with Gasteiger partial charge in [0.25, 0.3) is 0 Å². The molecule has 1 aliphatic heterocycles. The Labute approximate surface area is 85.0 Å². The molecular formula is C11H18N2O. The summed E-state index contributed by atoms with van der Waals surface area (Å²) in [7, 11) is 0. The van der Waals surface area contributed by atoms with Crippen LogP contribution in [0.25, 0.3) is 0 Å². The fraction of sp³-hybridized carbons (Fsp3) is 0.818. The molecule has 2 rings (SSSR count). The van der Waals surface area contributed by atoms with E-state index in [0.29, 0.717) is 11.8 Å². The SMILES string of the molecule is CC(C)C1N=C(C2CCCC2)NC1=O. The molecule has 0 bridgehead atoms. The van der Waals surface area contributed by atoms with Crippen molar-refractivity contribution >= 4 is 11.7 Å². The number of carbonyl (C=O) groups is 1. The van der Waals surface area contributed by atoms with Crippen molar-refractivity contribution < 1.29 is 4.79 Å². The number of nitrogens with zero attached hydrogens (tertiary/aromatic N) is 1. The summed E-state index contributed by atoms with van der Waals surface area (Å²) in [5, 5.41) is 2.94. The minimum Gasteiger partial charge on any atom is -0.312 e. The summed E-state index contributed by atoms with van der Waals surface area (Å²) in [4.78, 5) is 16.1. The molecule has 1 unspecified atom stereocenters. The van der Waals surface area contributed by atoms with Crippen molar-refractivity contribution in [2.45, 2.75) is 45.6 Å². The Morgan fingerprint density at radius 3 is 2.50 bits per heavy atom. The average Bonchev–Trinajstić information content (AvgIpc) is 2.70. The van der Waals surface area contributed by atoms with Crippen LogP contribution in [-0.4, -0.2) is 17.8 Å². The van der Waals surface area contributed by atoms with Gasteiger partial charge in [0.1, 0.15) is 11.9 Å². The fourth-order valence-electron chi connectivity index (χ4n) is 2.30. The lowest BCUT2D eigenvalue weighted by molar-refractivity contribution is -0.120. The normalized spacial score (nSPS) is 28.4. The zero-order chi connectivity index (χ0) is 10.1. The molecule has 1 aliphatic carbocycles. The number of amidine groups is 1. The maximum atomic E-state index is 11.6. The number of hydrogen-bond donors (Lipinski definition) is 1. The van der Waals surface area contributed by atoms with Gasteiger partial charge in [-0.3, -0.25) is 9.79 Å². The number of carbonyl (C=O) groups excluding carboxylic acids is 1. The summed E-state index contributed by atoms with van der Waals surface area (Å²) in [5.41, 5.74) is 0. The molecule has 1 fully saturated rings. The lowest BCUT2D eigenvalue weighted by Crippen LogP contribution is -2.33. The quantitative estimate of drug-likeness (QED) is 0.714. The largest absolute Gasteiger partial charge is 0.312 e. The lowest BCUT2D eigenvalue weighted by Gasteiger charge is -2.07. The van der Waals surface area contributed by atoms with E-state index in [4.69, 9.17) is 0 Å². The molecule has 14 heavy (non-hydrogen) atoms. The van der Waals surface area contributed by atoms with E-state index >= 15 is 0 Å². The van der Waals surface area contributed by atoms with Gasteiger partial charge in [0.2, 0.25) is 5.91 Å². The van der Waals surface area contributed by atoms with Crippen LogP contribution in [0.4, 0.5) is 0 Å². The number of amides is 1. The number of aliphatic imine (C=N–C) groups is 1. The van der Waals surface area contributed by atoms with Crippen molar-refractivity contribution in [3.63, 3.8) is 0 Å². The first-order valence-electron chi connectivity index (χ1n) is 5.57. The van der Waals surface area contributed by atoms with Crippen molar-refractivity contribution in [3.8, 4) is 0 Å². The first-order chi connectivity index (χ1) is 6.68. The minimum absolute atomic E-state index is 0.0990. The molecule has 0 radical (unpaired) electrons. The smallest absolute Gasteiger partial charge is 0.250 e. The number of hydrogen-bond acceptors (Lipinski definition) is 2. The number of nitrogens with one attached hydrogen (secondary N) is 1. The zero-order valence-corrected chi connectivity index (χ0v) is 8.92. The van der Waals surface area contributed by atoms with Gasteiger partial charge in [0.05, 0.1) is 0 Å². The third-order valence-electron chi connectivity index (χ3n) is 3.17. The highest BCUT2D eigenvalue weighted by Crippen LogP contribution is 2.27. The maximum absolute atomic E-state index is 11.6. The average molecular weight is 194 g/mol. The molecular weight excluding hydrogens is 176 g/mol. The highest BCUT2D eigenvalue weighted by molar-refractivity contribution is 6.06. The molecule has 78 valence electrons. The van der Waals surface area contributed by atoms with Crippen molar-refractivity contribution in [1.29, 1.82) is 0 Å². The topological polar surface area (TPSA) is 41.5 Å². The van der Waals surface area contributed by atoms with Gasteiger partial charge in [-0.15, -0.1) is 0 Å². The van der Waals surface area contributed by atoms with Crippen molar-refractivity contribution in [1.82, 2.24) is 5.32 Å². The number of rotatable bonds is 2. The van der Waals surface area contributed by atoms with Gasteiger partial charge in [0, 0.05) is 5.92 Å². The van der Waals surface area contributed by atoms with E-state index in [1.165, 1.54) is 25.7 Å². The Morgan fingerprint density at radius 1 is 1.36 bits per heavy atom. The maximum Gasteiger partial charge on any atom is 0.250 e. The van der Waals surface area contributed by atoms with Crippen LogP contribution in [0.5, 0.6) is 0 Å². The van der Waals surface area contributed by atoms with Gasteiger partial charge < -0.3 is 5.32 Å². The zero-order valence-electron chi connectivity index (χ0n) is 8.92. The molecule has 1 saturated carbocycles. The predicted molar refractivity (Wildman–Crippen MR) is 56.2 cm³/mol. The molecule has 0 saturated heterocycles. The molecule has 0 aromatic heterocycles. The van der Waals surface area contributed by atoms with Gasteiger partial charge >= 0.3 is 0 Å². The molecule has 1 heterocycles. The van der Waals surface area contributed by atoms with Crippen LogP contribution in [0.3, 0.4) is 0 Å². The summed E-state index contributed by atoms with van der Waals surface area (Å²) < 4.78 is 0. The van der Waals surface area contributed by atoms with Gasteiger partial charge in [-0.1, -0.05) is 26.7 Å². The monoisotopic (exact) mass is 194 g/mol. The molecule has 1 atom stereocenters. The van der Waals surface area contributed by atoms with E-state index in [9.17, 15) is 4.79 Å². The highest BCUT2D eigenvalue weighted by Gasteiger charge is 2.33. The summed E-state index contributed by atoms with van der Waals surface area (Å²) in [6.45, 7) is 4.09. The summed E-state index contributed by atoms with van der Waals surface area (Å²) in [6.07, 6.45) is 4.96. The second kappa shape index (κ2) is 3.71. The summed E-state index contributed by atoms with van der Waals surface area (Å²) in [6, 6.07) is -0.134. The van der Waals surface area contributed by atoms with E-state index < -0.39 is 0 Å². The molecule has 1 N–H and O–H groups in total. The van der Waals surface area contributed by atoms with Crippen LogP contribution in [0.1, 0.15) is 39.5 Å². The van der Waals surface area contributed by atoms with Crippen LogP contribution in [-0.2, 0) is 4.79 Å². The molecule has 3 heteroatoms. The van der Waals surface area contributed by atoms with Gasteiger partial charge in [-0.2, -0.15) is 0 Å². The first kappa shape index (κ1) is 9.69. The standard InChI is InChI=1S/C11H18N2O/c1-7(2)9-11(14)13-10(12-9)8-5-3-4-6-8/h7-9H,3-6H2,1-2H3,(H,12,13,14). The molecule has 0 spiro atoms. The van der Waals surface area contributed by atoms with Crippen molar-refractivity contribution in [2.24, 2.45) is 16.8 Å². The molecule has 2 aliphatic rings.